The second-order valence-corrected chi connectivity index (χ2v) is 5.89. The van der Waals surface area contributed by atoms with Crippen molar-refractivity contribution in [1.29, 1.82) is 0 Å². The van der Waals surface area contributed by atoms with Gasteiger partial charge >= 0.3 is 0 Å². The van der Waals surface area contributed by atoms with E-state index in [0.29, 0.717) is 16.7 Å². The summed E-state index contributed by atoms with van der Waals surface area (Å²) in [7, 11) is 3.26. The number of aromatic nitrogens is 1. The summed E-state index contributed by atoms with van der Waals surface area (Å²) in [4.78, 5) is 4.26. The summed E-state index contributed by atoms with van der Waals surface area (Å²) in [6.07, 6.45) is 1.64. The van der Waals surface area contributed by atoms with Crippen molar-refractivity contribution in [3.8, 4) is 22.8 Å². The Balaban J connectivity index is 1.73. The molecule has 0 spiro atoms. The van der Waals surface area contributed by atoms with E-state index in [4.69, 9.17) is 13.9 Å². The molecule has 24 heavy (non-hydrogen) atoms. The third kappa shape index (κ3) is 3.71. The molecule has 4 nitrogen and oxygen atoms in total. The Labute approximate surface area is 143 Å². The van der Waals surface area contributed by atoms with Crippen molar-refractivity contribution in [2.45, 2.75) is 11.0 Å². The average Bonchev–Trinajstić information content (AvgIpc) is 3.09. The summed E-state index contributed by atoms with van der Waals surface area (Å²) in [6, 6.07) is 11.8. The number of halogens is 1. The number of oxazole rings is 1. The minimum absolute atomic E-state index is 0.280. The number of hydrogen-bond acceptors (Lipinski definition) is 5. The lowest BCUT2D eigenvalue weighted by Gasteiger charge is -2.09. The molecule has 1 aromatic heterocycles. The molecule has 0 saturated carbocycles. The molecule has 0 amide bonds. The molecule has 124 valence electrons. The van der Waals surface area contributed by atoms with Gasteiger partial charge in [-0.2, -0.15) is 0 Å². The first kappa shape index (κ1) is 16.4. The van der Waals surface area contributed by atoms with Crippen LogP contribution < -0.4 is 9.47 Å². The van der Waals surface area contributed by atoms with Gasteiger partial charge in [-0.15, -0.1) is 0 Å². The van der Waals surface area contributed by atoms with E-state index in [9.17, 15) is 4.39 Å². The van der Waals surface area contributed by atoms with Crippen LogP contribution in [0.4, 0.5) is 4.39 Å². The molecule has 1 heterocycles. The highest BCUT2D eigenvalue weighted by atomic mass is 32.2. The largest absolute Gasteiger partial charge is 0.497 e. The highest BCUT2D eigenvalue weighted by molar-refractivity contribution is 7.98. The molecular formula is C18H16FNO3S. The summed E-state index contributed by atoms with van der Waals surface area (Å²) < 4.78 is 29.3. The number of benzene rings is 2. The van der Waals surface area contributed by atoms with Crippen molar-refractivity contribution in [3.63, 3.8) is 0 Å². The minimum Gasteiger partial charge on any atom is -0.497 e. The smallest absolute Gasteiger partial charge is 0.256 e. The van der Waals surface area contributed by atoms with Gasteiger partial charge in [-0.25, -0.2) is 9.37 Å². The van der Waals surface area contributed by atoms with Gasteiger partial charge in [0.15, 0.2) is 5.76 Å². The Morgan fingerprint density at radius 1 is 1.08 bits per heavy atom. The van der Waals surface area contributed by atoms with E-state index >= 15 is 0 Å². The zero-order valence-electron chi connectivity index (χ0n) is 13.3. The summed E-state index contributed by atoms with van der Waals surface area (Å²) >= 11 is 1.45. The molecule has 2 aromatic carbocycles. The van der Waals surface area contributed by atoms with Gasteiger partial charge in [-0.1, -0.05) is 11.8 Å². The number of rotatable bonds is 6. The van der Waals surface area contributed by atoms with E-state index in [2.05, 4.69) is 4.98 Å². The van der Waals surface area contributed by atoms with Crippen molar-refractivity contribution in [3.05, 3.63) is 60.0 Å². The van der Waals surface area contributed by atoms with Crippen molar-refractivity contribution >= 4 is 11.8 Å². The Morgan fingerprint density at radius 2 is 1.88 bits per heavy atom. The third-order valence-corrected chi connectivity index (χ3v) is 4.34. The predicted molar refractivity (Wildman–Crippen MR) is 91.0 cm³/mol. The Kier molecular flexibility index (Phi) is 5.05. The molecular weight excluding hydrogens is 329 g/mol. The van der Waals surface area contributed by atoms with Crippen LogP contribution in [0.5, 0.6) is 11.5 Å². The fourth-order valence-electron chi connectivity index (χ4n) is 2.21. The van der Waals surface area contributed by atoms with Gasteiger partial charge in [0.05, 0.1) is 20.4 Å². The molecule has 0 saturated heterocycles. The Hall–Kier alpha value is -2.47. The Bertz CT molecular complexity index is 817. The molecule has 3 rings (SSSR count). The number of hydrogen-bond donors (Lipinski definition) is 0. The standard InChI is InChI=1S/C18H16FNO3S/c1-21-15-7-8-16(22-2)13(9-15)11-24-18-20-10-17(23-18)12-3-5-14(19)6-4-12/h3-10H,11H2,1-2H3. The lowest BCUT2D eigenvalue weighted by Crippen LogP contribution is -1.92. The average molecular weight is 345 g/mol. The lowest BCUT2D eigenvalue weighted by atomic mass is 10.2. The summed E-state index contributed by atoms with van der Waals surface area (Å²) in [5.41, 5.74) is 1.78. The van der Waals surface area contributed by atoms with Crippen LogP contribution in [0.3, 0.4) is 0 Å². The summed E-state index contributed by atoms with van der Waals surface area (Å²) in [6.45, 7) is 0. The van der Waals surface area contributed by atoms with Gasteiger partial charge < -0.3 is 13.9 Å². The normalized spacial score (nSPS) is 10.6. The molecule has 0 radical (unpaired) electrons. The van der Waals surface area contributed by atoms with Gasteiger partial charge in [0, 0.05) is 16.9 Å². The number of thioether (sulfide) groups is 1. The zero-order chi connectivity index (χ0) is 16.9. The van der Waals surface area contributed by atoms with Crippen molar-refractivity contribution in [2.75, 3.05) is 14.2 Å². The van der Waals surface area contributed by atoms with Crippen LogP contribution in [0, 0.1) is 5.82 Å². The molecule has 6 heteroatoms. The molecule has 3 aromatic rings. The quantitative estimate of drug-likeness (QED) is 0.601. The monoisotopic (exact) mass is 345 g/mol. The maximum atomic E-state index is 13.0. The van der Waals surface area contributed by atoms with Crippen LogP contribution in [0.2, 0.25) is 0 Å². The molecule has 0 fully saturated rings. The SMILES string of the molecule is COc1ccc(OC)c(CSc2ncc(-c3ccc(F)cc3)o2)c1. The van der Waals surface area contributed by atoms with Gasteiger partial charge in [0.2, 0.25) is 0 Å². The van der Waals surface area contributed by atoms with Crippen LogP contribution in [0.25, 0.3) is 11.3 Å². The number of nitrogens with zero attached hydrogens (tertiary/aromatic N) is 1. The van der Waals surface area contributed by atoms with Crippen LogP contribution in [-0.4, -0.2) is 19.2 Å². The van der Waals surface area contributed by atoms with Crippen molar-refractivity contribution in [1.82, 2.24) is 4.98 Å². The molecule has 0 atom stereocenters. The van der Waals surface area contributed by atoms with E-state index in [0.717, 1.165) is 22.6 Å². The van der Waals surface area contributed by atoms with E-state index in [1.165, 1.54) is 23.9 Å². The molecule has 0 N–H and O–H groups in total. The summed E-state index contributed by atoms with van der Waals surface area (Å²) in [5.74, 6) is 2.51. The molecule has 0 aliphatic rings. The predicted octanol–water partition coefficient (Wildman–Crippen LogP) is 4.79. The maximum Gasteiger partial charge on any atom is 0.256 e. The van der Waals surface area contributed by atoms with Crippen LogP contribution in [-0.2, 0) is 5.75 Å². The highest BCUT2D eigenvalue weighted by Crippen LogP contribution is 2.32. The van der Waals surface area contributed by atoms with Gasteiger partial charge in [-0.3, -0.25) is 0 Å². The van der Waals surface area contributed by atoms with Crippen LogP contribution in [0.15, 0.2) is 58.3 Å². The summed E-state index contributed by atoms with van der Waals surface area (Å²) in [5, 5.41) is 0.541. The van der Waals surface area contributed by atoms with E-state index in [1.807, 2.05) is 18.2 Å². The number of methoxy groups -OCH3 is 2. The second-order valence-electron chi connectivity index (χ2n) is 4.96. The van der Waals surface area contributed by atoms with Gasteiger partial charge in [0.1, 0.15) is 17.3 Å². The fraction of sp³-hybridized carbons (Fsp3) is 0.167. The molecule has 0 aliphatic carbocycles. The van der Waals surface area contributed by atoms with Gasteiger partial charge in [-0.05, 0) is 42.5 Å². The van der Waals surface area contributed by atoms with E-state index in [-0.39, 0.29) is 5.82 Å². The lowest BCUT2D eigenvalue weighted by molar-refractivity contribution is 0.400. The first-order valence-electron chi connectivity index (χ1n) is 7.25. The van der Waals surface area contributed by atoms with E-state index in [1.54, 1.807) is 32.5 Å². The Morgan fingerprint density at radius 3 is 2.58 bits per heavy atom. The first-order chi connectivity index (χ1) is 11.7. The second kappa shape index (κ2) is 7.40. The molecule has 0 unspecified atom stereocenters. The third-order valence-electron chi connectivity index (χ3n) is 3.45. The molecule has 0 aliphatic heterocycles. The highest BCUT2D eigenvalue weighted by Gasteiger charge is 2.10. The minimum atomic E-state index is -0.280. The number of ether oxygens (including phenoxy) is 2. The zero-order valence-corrected chi connectivity index (χ0v) is 14.1. The van der Waals surface area contributed by atoms with Crippen molar-refractivity contribution < 1.29 is 18.3 Å². The van der Waals surface area contributed by atoms with Gasteiger partial charge in [0.25, 0.3) is 5.22 Å². The van der Waals surface area contributed by atoms with E-state index < -0.39 is 0 Å². The maximum absolute atomic E-state index is 13.0. The molecule has 0 bridgehead atoms. The fourth-order valence-corrected chi connectivity index (χ4v) is 2.99. The van der Waals surface area contributed by atoms with Crippen LogP contribution >= 0.6 is 11.8 Å². The van der Waals surface area contributed by atoms with Crippen molar-refractivity contribution in [2.24, 2.45) is 0 Å². The topological polar surface area (TPSA) is 44.5 Å². The first-order valence-corrected chi connectivity index (χ1v) is 8.23. The van der Waals surface area contributed by atoms with Crippen LogP contribution in [0.1, 0.15) is 5.56 Å².